The second-order valence-electron chi connectivity index (χ2n) is 13.5. The summed E-state index contributed by atoms with van der Waals surface area (Å²) >= 11 is 0. The second-order valence-corrected chi connectivity index (χ2v) is 13.5. The molecule has 6 rings (SSSR count). The lowest BCUT2D eigenvalue weighted by molar-refractivity contribution is 0.0164. The van der Waals surface area contributed by atoms with Gasteiger partial charge in [0.1, 0.15) is 5.82 Å². The summed E-state index contributed by atoms with van der Waals surface area (Å²) in [7, 11) is 1.44. The molecule has 1 aliphatic carbocycles. The van der Waals surface area contributed by atoms with Crippen LogP contribution in [0.2, 0.25) is 0 Å². The Bertz CT molecular complexity index is 1300. The monoisotopic (exact) mass is 601 g/mol. The van der Waals surface area contributed by atoms with Gasteiger partial charge in [-0.3, -0.25) is 0 Å². The molecular formula is C36H48FN5O2. The third-order valence-electron chi connectivity index (χ3n) is 11.3. The van der Waals surface area contributed by atoms with Gasteiger partial charge in [0, 0.05) is 42.8 Å². The summed E-state index contributed by atoms with van der Waals surface area (Å²) < 4.78 is 20.0. The van der Waals surface area contributed by atoms with Gasteiger partial charge in [0.15, 0.2) is 0 Å². The minimum atomic E-state index is -0.364. The van der Waals surface area contributed by atoms with Crippen LogP contribution in [0.1, 0.15) is 68.9 Å². The van der Waals surface area contributed by atoms with E-state index in [0.29, 0.717) is 17.5 Å². The zero-order valence-corrected chi connectivity index (χ0v) is 26.2. The first-order chi connectivity index (χ1) is 21.5. The number of amides is 1. The van der Waals surface area contributed by atoms with Gasteiger partial charge in [-0.25, -0.2) is 9.18 Å². The number of nitrogens with one attached hydrogen (secondary N) is 1. The van der Waals surface area contributed by atoms with Crippen LogP contribution in [0.15, 0.2) is 48.5 Å². The highest BCUT2D eigenvalue weighted by atomic mass is 19.1. The highest BCUT2D eigenvalue weighted by Crippen LogP contribution is 2.51. The highest BCUT2D eigenvalue weighted by Gasteiger charge is 2.53. The Labute approximate surface area is 262 Å². The average Bonchev–Trinajstić information content (AvgIpc) is 3.35. The third-order valence-corrected chi connectivity index (χ3v) is 11.3. The summed E-state index contributed by atoms with van der Waals surface area (Å²) in [6, 6.07) is 18.2. The van der Waals surface area contributed by atoms with Crippen LogP contribution in [0.5, 0.6) is 0 Å². The first-order valence-corrected chi connectivity index (χ1v) is 16.8. The number of hydrogen-bond donors (Lipinski definition) is 1. The second kappa shape index (κ2) is 13.9. The Morgan fingerprint density at radius 2 is 1.75 bits per heavy atom. The summed E-state index contributed by atoms with van der Waals surface area (Å²) in [6.45, 7) is 7.31. The van der Waals surface area contributed by atoms with E-state index < -0.39 is 0 Å². The van der Waals surface area contributed by atoms with E-state index in [4.69, 9.17) is 4.74 Å². The summed E-state index contributed by atoms with van der Waals surface area (Å²) in [4.78, 5) is 20.2. The van der Waals surface area contributed by atoms with Gasteiger partial charge in [0.05, 0.1) is 18.7 Å². The average molecular weight is 602 g/mol. The van der Waals surface area contributed by atoms with E-state index in [0.717, 1.165) is 96.3 Å². The molecule has 4 fully saturated rings. The summed E-state index contributed by atoms with van der Waals surface area (Å²) in [6.07, 6.45) is 9.56. The SMILES string of the molecule is COC(=O)N[C@H]1CCC[C@@H]1C(CN1CCC1)(c1cccc(F)c1)C1CCN(C2CCCN(c3ccc(C#N)cc3)CC2)CC1. The van der Waals surface area contributed by atoms with Crippen molar-refractivity contribution < 1.29 is 13.9 Å². The molecule has 0 spiro atoms. The van der Waals surface area contributed by atoms with Gasteiger partial charge in [-0.05, 0) is 131 Å². The number of ether oxygens (including phenoxy) is 1. The van der Waals surface area contributed by atoms with Crippen molar-refractivity contribution in [2.24, 2.45) is 11.8 Å². The van der Waals surface area contributed by atoms with E-state index in [1.807, 2.05) is 18.2 Å². The predicted molar refractivity (Wildman–Crippen MR) is 171 cm³/mol. The lowest BCUT2D eigenvalue weighted by Crippen LogP contribution is -2.59. The number of piperidine rings is 1. The Balaban J connectivity index is 1.21. The first kappa shape index (κ1) is 30.9. The molecule has 0 radical (unpaired) electrons. The Morgan fingerprint density at radius 3 is 2.43 bits per heavy atom. The number of nitriles is 1. The Morgan fingerprint density at radius 1 is 0.955 bits per heavy atom. The minimum absolute atomic E-state index is 0.0279. The van der Waals surface area contributed by atoms with Crippen molar-refractivity contribution >= 4 is 11.8 Å². The molecule has 2 aromatic carbocycles. The maximum atomic E-state index is 15.0. The van der Waals surface area contributed by atoms with Gasteiger partial charge < -0.3 is 24.8 Å². The number of benzene rings is 2. The van der Waals surface area contributed by atoms with Crippen LogP contribution in [-0.2, 0) is 10.2 Å². The number of nitrogens with zero attached hydrogens (tertiary/aromatic N) is 4. The van der Waals surface area contributed by atoms with Gasteiger partial charge in [-0.2, -0.15) is 5.26 Å². The van der Waals surface area contributed by atoms with Crippen LogP contribution < -0.4 is 10.2 Å². The molecule has 2 unspecified atom stereocenters. The number of carbonyl (C=O) groups is 1. The summed E-state index contributed by atoms with van der Waals surface area (Å²) in [5, 5.41) is 12.4. The zero-order chi connectivity index (χ0) is 30.5. The predicted octanol–water partition coefficient (Wildman–Crippen LogP) is 5.94. The van der Waals surface area contributed by atoms with Crippen molar-refractivity contribution in [2.45, 2.75) is 75.3 Å². The normalized spacial score (nSPS) is 26.7. The van der Waals surface area contributed by atoms with E-state index in [-0.39, 0.29) is 29.3 Å². The number of rotatable bonds is 8. The minimum Gasteiger partial charge on any atom is -0.453 e. The Kier molecular flexibility index (Phi) is 9.73. The molecule has 3 heterocycles. The van der Waals surface area contributed by atoms with Gasteiger partial charge in [-0.15, -0.1) is 0 Å². The molecule has 1 saturated carbocycles. The summed E-state index contributed by atoms with van der Waals surface area (Å²) in [5.74, 6) is 0.472. The molecule has 4 aliphatic rings. The largest absolute Gasteiger partial charge is 0.453 e. The van der Waals surface area contributed by atoms with Crippen molar-refractivity contribution in [1.29, 1.82) is 5.26 Å². The van der Waals surface area contributed by atoms with Crippen LogP contribution in [-0.4, -0.2) is 80.9 Å². The van der Waals surface area contributed by atoms with E-state index >= 15 is 0 Å². The van der Waals surface area contributed by atoms with Crippen molar-refractivity contribution in [1.82, 2.24) is 15.1 Å². The van der Waals surface area contributed by atoms with E-state index in [2.05, 4.69) is 44.3 Å². The van der Waals surface area contributed by atoms with Crippen LogP contribution in [0.3, 0.4) is 0 Å². The molecule has 0 bridgehead atoms. The van der Waals surface area contributed by atoms with Gasteiger partial charge in [0.2, 0.25) is 0 Å². The zero-order valence-electron chi connectivity index (χ0n) is 26.2. The maximum absolute atomic E-state index is 15.0. The number of alkyl carbamates (subject to hydrolysis) is 1. The molecule has 236 valence electrons. The van der Waals surface area contributed by atoms with Crippen molar-refractivity contribution in [3.63, 3.8) is 0 Å². The van der Waals surface area contributed by atoms with Crippen LogP contribution >= 0.6 is 0 Å². The van der Waals surface area contributed by atoms with E-state index in [1.165, 1.54) is 25.6 Å². The number of hydrogen-bond acceptors (Lipinski definition) is 6. The topological polar surface area (TPSA) is 71.8 Å². The number of halogens is 1. The number of likely N-dealkylation sites (tertiary alicyclic amines) is 2. The lowest BCUT2D eigenvalue weighted by atomic mass is 9.57. The van der Waals surface area contributed by atoms with Crippen LogP contribution in [0.4, 0.5) is 14.9 Å². The fourth-order valence-electron chi connectivity index (χ4n) is 8.97. The fraction of sp³-hybridized carbons (Fsp3) is 0.611. The van der Waals surface area contributed by atoms with Crippen LogP contribution in [0, 0.1) is 29.0 Å². The molecule has 1 N–H and O–H groups in total. The number of carbonyl (C=O) groups excluding carboxylic acids is 1. The molecule has 1 amide bonds. The van der Waals surface area contributed by atoms with Gasteiger partial charge in [0.25, 0.3) is 0 Å². The molecule has 2 aromatic rings. The molecule has 3 saturated heterocycles. The smallest absolute Gasteiger partial charge is 0.407 e. The van der Waals surface area contributed by atoms with Gasteiger partial charge >= 0.3 is 6.09 Å². The molecule has 3 aliphatic heterocycles. The quantitative estimate of drug-likeness (QED) is 0.404. The third kappa shape index (κ3) is 6.46. The summed E-state index contributed by atoms with van der Waals surface area (Å²) in [5.41, 5.74) is 2.80. The fourth-order valence-corrected chi connectivity index (χ4v) is 8.97. The molecule has 4 atom stereocenters. The molecule has 44 heavy (non-hydrogen) atoms. The van der Waals surface area contributed by atoms with E-state index in [9.17, 15) is 14.4 Å². The maximum Gasteiger partial charge on any atom is 0.407 e. The highest BCUT2D eigenvalue weighted by molar-refractivity contribution is 5.67. The molecule has 7 nitrogen and oxygen atoms in total. The molecular weight excluding hydrogens is 553 g/mol. The molecule has 0 aromatic heterocycles. The standard InChI is InChI=1S/C36H48FN5O2/c1-44-35(43)39-34-10-3-9-33(34)36(26-40-18-5-19-40,29-6-2-7-30(37)24-29)28-15-21-42(22-16-28)31-8-4-20-41(23-17-31)32-13-11-27(25-38)12-14-32/h2,6-7,11-14,24,28,31,33-34H,3-5,8-10,15-23,26H2,1H3,(H,39,43)/t31?,33-,34-,36?/m0/s1. The van der Waals surface area contributed by atoms with Crippen LogP contribution in [0.25, 0.3) is 0 Å². The Hall–Kier alpha value is -3.15. The first-order valence-electron chi connectivity index (χ1n) is 16.8. The molecule has 8 heteroatoms. The van der Waals surface area contributed by atoms with Gasteiger partial charge in [-0.1, -0.05) is 18.6 Å². The van der Waals surface area contributed by atoms with E-state index in [1.54, 1.807) is 12.1 Å². The van der Waals surface area contributed by atoms with Crippen molar-refractivity contribution in [3.05, 3.63) is 65.5 Å². The number of methoxy groups -OCH3 is 1. The van der Waals surface area contributed by atoms with Crippen molar-refractivity contribution in [2.75, 3.05) is 57.8 Å². The number of anilines is 1. The lowest BCUT2D eigenvalue weighted by Gasteiger charge is -2.54. The van der Waals surface area contributed by atoms with Crippen molar-refractivity contribution in [3.8, 4) is 6.07 Å².